The minimum absolute atomic E-state index is 0.195. The van der Waals surface area contributed by atoms with E-state index in [2.05, 4.69) is 15.6 Å². The highest BCUT2D eigenvalue weighted by Gasteiger charge is 2.25. The maximum atomic E-state index is 13.0. The third-order valence-electron chi connectivity index (χ3n) is 5.26. The van der Waals surface area contributed by atoms with Crippen LogP contribution in [0.15, 0.2) is 53.1 Å². The number of hydrogen-bond donors (Lipinski definition) is 2. The van der Waals surface area contributed by atoms with Crippen LogP contribution in [-0.4, -0.2) is 35.6 Å². The van der Waals surface area contributed by atoms with Crippen molar-refractivity contribution in [1.82, 2.24) is 9.55 Å². The molecule has 0 aliphatic heterocycles. The van der Waals surface area contributed by atoms with Crippen molar-refractivity contribution < 1.29 is 23.5 Å². The quantitative estimate of drug-likeness (QED) is 0.409. The summed E-state index contributed by atoms with van der Waals surface area (Å²) in [5.41, 5.74) is 2.17. The van der Waals surface area contributed by atoms with Crippen molar-refractivity contribution in [3.8, 4) is 5.75 Å². The highest BCUT2D eigenvalue weighted by molar-refractivity contribution is 6.14. The summed E-state index contributed by atoms with van der Waals surface area (Å²) in [4.78, 5) is 30.0. The number of rotatable bonds is 7. The van der Waals surface area contributed by atoms with Crippen molar-refractivity contribution >= 4 is 34.3 Å². The molecule has 0 aliphatic rings. The molecule has 9 heteroatoms. The number of pyridine rings is 1. The zero-order valence-electron chi connectivity index (χ0n) is 18.8. The van der Waals surface area contributed by atoms with Crippen LogP contribution in [0, 0.1) is 6.92 Å². The molecule has 4 rings (SSSR count). The number of hydrogen-bond acceptors (Lipinski definition) is 7. The number of anilines is 2. The van der Waals surface area contributed by atoms with E-state index in [1.807, 2.05) is 25.1 Å². The van der Waals surface area contributed by atoms with Gasteiger partial charge >= 0.3 is 5.97 Å². The lowest BCUT2D eigenvalue weighted by Gasteiger charge is -2.09. The summed E-state index contributed by atoms with van der Waals surface area (Å²) < 4.78 is 17.3. The van der Waals surface area contributed by atoms with Crippen LogP contribution in [0.4, 0.5) is 11.4 Å². The lowest BCUT2D eigenvalue weighted by molar-refractivity contribution is 0.0591. The van der Waals surface area contributed by atoms with E-state index in [0.717, 1.165) is 11.5 Å². The van der Waals surface area contributed by atoms with Crippen LogP contribution in [0.25, 0.3) is 11.0 Å². The number of esters is 1. The number of methoxy groups -OCH3 is 2. The molecule has 9 nitrogen and oxygen atoms in total. The van der Waals surface area contributed by atoms with Gasteiger partial charge in [-0.25, -0.2) is 9.78 Å². The van der Waals surface area contributed by atoms with Gasteiger partial charge < -0.3 is 29.1 Å². The normalized spacial score (nSPS) is 10.8. The molecule has 0 atom stereocenters. The van der Waals surface area contributed by atoms with Crippen LogP contribution in [0.3, 0.4) is 0 Å². The fraction of sp³-hybridized carbons (Fsp3) is 0.208. The Balaban J connectivity index is 1.70. The number of nitrogens with zero attached hydrogens (tertiary/aromatic N) is 2. The van der Waals surface area contributed by atoms with Gasteiger partial charge in [0, 0.05) is 18.0 Å². The molecule has 33 heavy (non-hydrogen) atoms. The topological polar surface area (TPSA) is 108 Å². The Morgan fingerprint density at radius 2 is 1.88 bits per heavy atom. The smallest absolute Gasteiger partial charge is 0.356 e. The van der Waals surface area contributed by atoms with Gasteiger partial charge in [-0.15, -0.1) is 0 Å². The second-order valence-corrected chi connectivity index (χ2v) is 7.42. The third-order valence-corrected chi connectivity index (χ3v) is 5.26. The van der Waals surface area contributed by atoms with Crippen molar-refractivity contribution in [2.45, 2.75) is 13.5 Å². The van der Waals surface area contributed by atoms with Gasteiger partial charge in [-0.2, -0.15) is 0 Å². The van der Waals surface area contributed by atoms with Gasteiger partial charge in [0.2, 0.25) is 0 Å². The van der Waals surface area contributed by atoms with Gasteiger partial charge in [0.05, 0.1) is 38.3 Å². The molecule has 3 aromatic heterocycles. The van der Waals surface area contributed by atoms with E-state index in [-0.39, 0.29) is 11.6 Å². The van der Waals surface area contributed by atoms with Crippen LogP contribution in [0.5, 0.6) is 5.75 Å². The Morgan fingerprint density at radius 1 is 1.12 bits per heavy atom. The maximum absolute atomic E-state index is 13.0. The highest BCUT2D eigenvalue weighted by Crippen LogP contribution is 2.32. The standard InChI is InChI=1S/C24H24N4O5/c1-14-5-8-18(33-14)13-25-16-11-19-20(21(24(30)32-4)28(2)22(19)26-12-16)27-23(29)15-6-9-17(31-3)10-7-15/h5-12,25H,13H2,1-4H3,(H,27,29). The zero-order chi connectivity index (χ0) is 23.5. The van der Waals surface area contributed by atoms with Crippen molar-refractivity contribution in [2.75, 3.05) is 24.9 Å². The number of ether oxygens (including phenoxy) is 2. The zero-order valence-corrected chi connectivity index (χ0v) is 18.8. The molecule has 0 saturated heterocycles. The minimum Gasteiger partial charge on any atom is -0.497 e. The Morgan fingerprint density at radius 3 is 2.52 bits per heavy atom. The van der Waals surface area contributed by atoms with E-state index >= 15 is 0 Å². The molecule has 4 aromatic rings. The molecular formula is C24H24N4O5. The Hall–Kier alpha value is -4.27. The third kappa shape index (κ3) is 4.38. The molecule has 170 valence electrons. The molecule has 3 heterocycles. The molecule has 0 radical (unpaired) electrons. The Labute approximate surface area is 190 Å². The molecule has 1 aromatic carbocycles. The van der Waals surface area contributed by atoms with Crippen LogP contribution < -0.4 is 15.4 Å². The van der Waals surface area contributed by atoms with Crippen molar-refractivity contribution in [2.24, 2.45) is 7.05 Å². The van der Waals surface area contributed by atoms with Gasteiger partial charge in [0.15, 0.2) is 5.69 Å². The number of nitrogens with one attached hydrogen (secondary N) is 2. The average molecular weight is 448 g/mol. The number of carbonyl (C=O) groups is 2. The molecule has 0 aliphatic carbocycles. The molecule has 0 saturated carbocycles. The average Bonchev–Trinajstić information content (AvgIpc) is 3.37. The second-order valence-electron chi connectivity index (χ2n) is 7.42. The minimum atomic E-state index is -0.582. The summed E-state index contributed by atoms with van der Waals surface area (Å²) in [5.74, 6) is 1.29. The van der Waals surface area contributed by atoms with E-state index in [0.29, 0.717) is 40.3 Å². The highest BCUT2D eigenvalue weighted by atomic mass is 16.5. The Kier molecular flexibility index (Phi) is 6.03. The van der Waals surface area contributed by atoms with Crippen molar-refractivity contribution in [1.29, 1.82) is 0 Å². The monoisotopic (exact) mass is 448 g/mol. The van der Waals surface area contributed by atoms with Crippen molar-refractivity contribution in [3.05, 3.63) is 71.4 Å². The first-order valence-electron chi connectivity index (χ1n) is 10.2. The van der Waals surface area contributed by atoms with Gasteiger partial charge in [0.1, 0.15) is 22.9 Å². The maximum Gasteiger partial charge on any atom is 0.356 e. The summed E-state index contributed by atoms with van der Waals surface area (Å²) in [6.07, 6.45) is 1.66. The fourth-order valence-electron chi connectivity index (χ4n) is 3.57. The number of aryl methyl sites for hydroxylation is 2. The van der Waals surface area contributed by atoms with E-state index in [1.165, 1.54) is 7.11 Å². The van der Waals surface area contributed by atoms with Crippen molar-refractivity contribution in [3.63, 3.8) is 0 Å². The van der Waals surface area contributed by atoms with E-state index < -0.39 is 5.97 Å². The molecule has 0 fully saturated rings. The second kappa shape index (κ2) is 9.07. The SMILES string of the molecule is COC(=O)c1c(NC(=O)c2ccc(OC)cc2)c2cc(NCc3ccc(C)o3)cnc2n1C. The first-order chi connectivity index (χ1) is 15.9. The number of amides is 1. The molecule has 1 amide bonds. The molecule has 0 spiro atoms. The van der Waals surface area contributed by atoms with E-state index in [4.69, 9.17) is 13.9 Å². The molecule has 2 N–H and O–H groups in total. The number of fused-ring (bicyclic) bond motifs is 1. The van der Waals surface area contributed by atoms with Crippen LogP contribution in [0.1, 0.15) is 32.4 Å². The summed E-state index contributed by atoms with van der Waals surface area (Å²) in [6.45, 7) is 2.35. The Bertz CT molecular complexity index is 1320. The number of benzene rings is 1. The summed E-state index contributed by atoms with van der Waals surface area (Å²) in [6, 6.07) is 12.3. The fourth-order valence-corrected chi connectivity index (χ4v) is 3.57. The van der Waals surface area contributed by atoms with Crippen LogP contribution in [-0.2, 0) is 18.3 Å². The van der Waals surface area contributed by atoms with Crippen LogP contribution in [0.2, 0.25) is 0 Å². The number of furan rings is 1. The molecular weight excluding hydrogens is 424 g/mol. The lowest BCUT2D eigenvalue weighted by atomic mass is 10.2. The first-order valence-corrected chi connectivity index (χ1v) is 10.2. The molecule has 0 bridgehead atoms. The predicted octanol–water partition coefficient (Wildman–Crippen LogP) is 4.13. The largest absolute Gasteiger partial charge is 0.497 e. The summed E-state index contributed by atoms with van der Waals surface area (Å²) in [5, 5.41) is 6.71. The van der Waals surface area contributed by atoms with Crippen LogP contribution >= 0.6 is 0 Å². The predicted molar refractivity (Wildman–Crippen MR) is 124 cm³/mol. The number of carbonyl (C=O) groups excluding carboxylic acids is 2. The van der Waals surface area contributed by atoms with E-state index in [9.17, 15) is 9.59 Å². The van der Waals surface area contributed by atoms with E-state index in [1.54, 1.807) is 49.2 Å². The summed E-state index contributed by atoms with van der Waals surface area (Å²) in [7, 11) is 4.55. The van der Waals surface area contributed by atoms with Gasteiger partial charge in [-0.1, -0.05) is 0 Å². The van der Waals surface area contributed by atoms with Gasteiger partial charge in [-0.3, -0.25) is 4.79 Å². The van der Waals surface area contributed by atoms with Gasteiger partial charge in [-0.05, 0) is 49.4 Å². The lowest BCUT2D eigenvalue weighted by Crippen LogP contribution is -2.16. The van der Waals surface area contributed by atoms with Gasteiger partial charge in [0.25, 0.3) is 5.91 Å². The molecule has 0 unspecified atom stereocenters. The number of aromatic nitrogens is 2. The first kappa shape index (κ1) is 21.9. The summed E-state index contributed by atoms with van der Waals surface area (Å²) >= 11 is 0.